The molecule has 2 aliphatic carbocycles. The van der Waals surface area contributed by atoms with Gasteiger partial charge in [-0.25, -0.2) is 0 Å². The second-order valence-corrected chi connectivity index (χ2v) is 5.89. The van der Waals surface area contributed by atoms with Gasteiger partial charge >= 0.3 is 0 Å². The molecule has 0 aliphatic heterocycles. The smallest absolute Gasteiger partial charge is 0.168 e. The highest BCUT2D eigenvalue weighted by Gasteiger charge is 2.45. The number of carbonyl (C=O) groups is 2. The molecule has 0 amide bonds. The van der Waals surface area contributed by atoms with Gasteiger partial charge in [0, 0.05) is 23.0 Å². The molecule has 0 heterocycles. The van der Waals surface area contributed by atoms with Crippen molar-refractivity contribution in [2.24, 2.45) is 23.7 Å². The summed E-state index contributed by atoms with van der Waals surface area (Å²) in [5.74, 6) is 0.556. The van der Waals surface area contributed by atoms with E-state index in [1.165, 1.54) is 0 Å². The minimum atomic E-state index is -0.160. The molecule has 1 aromatic rings. The standard InChI is InChI=1S/C17H18O2/c1-10(2)11-8-5-9-14-15(11)17(19)13-7-4-3-6-12(13)16(14)18/h3-8,10-11,14-15H,9H2,1-2H3. The Morgan fingerprint density at radius 2 is 1.68 bits per heavy atom. The molecule has 2 nitrogen and oxygen atoms in total. The normalized spacial score (nSPS) is 29.3. The predicted octanol–water partition coefficient (Wildman–Crippen LogP) is 3.53. The van der Waals surface area contributed by atoms with Crippen molar-refractivity contribution in [3.8, 4) is 0 Å². The van der Waals surface area contributed by atoms with Crippen LogP contribution in [-0.2, 0) is 0 Å². The van der Waals surface area contributed by atoms with Gasteiger partial charge in [-0.1, -0.05) is 50.3 Å². The van der Waals surface area contributed by atoms with Crippen LogP contribution in [-0.4, -0.2) is 11.6 Å². The highest BCUT2D eigenvalue weighted by Crippen LogP contribution is 2.42. The molecule has 2 aliphatic rings. The number of fused-ring (bicyclic) bond motifs is 2. The first kappa shape index (κ1) is 12.3. The second-order valence-electron chi connectivity index (χ2n) is 5.89. The Kier molecular flexibility index (Phi) is 2.89. The van der Waals surface area contributed by atoms with Crippen molar-refractivity contribution in [3.63, 3.8) is 0 Å². The lowest BCUT2D eigenvalue weighted by Gasteiger charge is -2.38. The van der Waals surface area contributed by atoms with Crippen molar-refractivity contribution >= 4 is 11.6 Å². The Morgan fingerprint density at radius 3 is 2.32 bits per heavy atom. The fourth-order valence-corrected chi connectivity index (χ4v) is 3.47. The van der Waals surface area contributed by atoms with Gasteiger partial charge in [-0.05, 0) is 18.3 Å². The summed E-state index contributed by atoms with van der Waals surface area (Å²) in [5.41, 5.74) is 1.24. The quantitative estimate of drug-likeness (QED) is 0.718. The number of Topliss-reactive ketones (excluding diaryl/α,β-unsaturated/α-hetero) is 2. The zero-order chi connectivity index (χ0) is 13.6. The van der Waals surface area contributed by atoms with Gasteiger partial charge in [0.2, 0.25) is 0 Å². The fraction of sp³-hybridized carbons (Fsp3) is 0.412. The molecular weight excluding hydrogens is 236 g/mol. The third-order valence-corrected chi connectivity index (χ3v) is 4.46. The van der Waals surface area contributed by atoms with Crippen LogP contribution in [0.2, 0.25) is 0 Å². The Morgan fingerprint density at radius 1 is 1.05 bits per heavy atom. The summed E-state index contributed by atoms with van der Waals surface area (Å²) >= 11 is 0. The molecule has 0 N–H and O–H groups in total. The van der Waals surface area contributed by atoms with Crippen molar-refractivity contribution in [3.05, 3.63) is 47.5 Å². The third-order valence-electron chi connectivity index (χ3n) is 4.46. The summed E-state index contributed by atoms with van der Waals surface area (Å²) in [5, 5.41) is 0. The monoisotopic (exact) mass is 254 g/mol. The maximum absolute atomic E-state index is 12.7. The first-order chi connectivity index (χ1) is 9.11. The lowest BCUT2D eigenvalue weighted by molar-refractivity contribution is 0.0649. The van der Waals surface area contributed by atoms with Crippen molar-refractivity contribution in [2.45, 2.75) is 20.3 Å². The van der Waals surface area contributed by atoms with Gasteiger partial charge in [-0.15, -0.1) is 0 Å². The topological polar surface area (TPSA) is 34.1 Å². The third kappa shape index (κ3) is 1.78. The second kappa shape index (κ2) is 4.44. The number of rotatable bonds is 1. The van der Waals surface area contributed by atoms with E-state index in [4.69, 9.17) is 0 Å². The lowest BCUT2D eigenvalue weighted by Crippen LogP contribution is -2.43. The van der Waals surface area contributed by atoms with Gasteiger partial charge in [0.1, 0.15) is 0 Å². The summed E-state index contributed by atoms with van der Waals surface area (Å²) in [6.07, 6.45) is 4.91. The molecule has 2 heteroatoms. The molecule has 19 heavy (non-hydrogen) atoms. The van der Waals surface area contributed by atoms with Gasteiger partial charge in [-0.2, -0.15) is 0 Å². The SMILES string of the molecule is CC(C)C1C=CCC2C(=O)c3ccccc3C(=O)C21. The number of ketones is 2. The Bertz CT molecular complexity index is 568. The Labute approximate surface area is 113 Å². The van der Waals surface area contributed by atoms with E-state index in [1.807, 2.05) is 12.1 Å². The van der Waals surface area contributed by atoms with Crippen molar-refractivity contribution in [2.75, 3.05) is 0 Å². The molecule has 0 radical (unpaired) electrons. The average molecular weight is 254 g/mol. The molecule has 3 unspecified atom stereocenters. The average Bonchev–Trinajstić information content (AvgIpc) is 2.44. The van der Waals surface area contributed by atoms with Crippen LogP contribution in [0.4, 0.5) is 0 Å². The minimum Gasteiger partial charge on any atom is -0.294 e. The van der Waals surface area contributed by atoms with Gasteiger partial charge in [0.25, 0.3) is 0 Å². The first-order valence-corrected chi connectivity index (χ1v) is 6.95. The molecular formula is C17H18O2. The van der Waals surface area contributed by atoms with Crippen LogP contribution in [0.1, 0.15) is 41.0 Å². The molecule has 3 atom stereocenters. The van der Waals surface area contributed by atoms with Crippen LogP contribution >= 0.6 is 0 Å². The molecule has 0 aromatic heterocycles. The van der Waals surface area contributed by atoms with Crippen LogP contribution in [0.5, 0.6) is 0 Å². The van der Waals surface area contributed by atoms with E-state index >= 15 is 0 Å². The summed E-state index contributed by atoms with van der Waals surface area (Å²) < 4.78 is 0. The zero-order valence-electron chi connectivity index (χ0n) is 11.3. The van der Waals surface area contributed by atoms with E-state index in [-0.39, 0.29) is 29.3 Å². The number of benzene rings is 1. The van der Waals surface area contributed by atoms with Gasteiger partial charge in [0.15, 0.2) is 11.6 Å². The van der Waals surface area contributed by atoms with Crippen molar-refractivity contribution in [1.82, 2.24) is 0 Å². The van der Waals surface area contributed by atoms with Crippen LogP contribution in [0, 0.1) is 23.7 Å². The van der Waals surface area contributed by atoms with Gasteiger partial charge in [0.05, 0.1) is 0 Å². The predicted molar refractivity (Wildman–Crippen MR) is 74.2 cm³/mol. The van der Waals surface area contributed by atoms with Crippen LogP contribution < -0.4 is 0 Å². The van der Waals surface area contributed by atoms with E-state index in [1.54, 1.807) is 12.1 Å². The van der Waals surface area contributed by atoms with E-state index in [2.05, 4.69) is 26.0 Å². The largest absolute Gasteiger partial charge is 0.294 e. The van der Waals surface area contributed by atoms with Crippen LogP contribution in [0.25, 0.3) is 0 Å². The molecule has 0 bridgehead atoms. The highest BCUT2D eigenvalue weighted by molar-refractivity contribution is 6.16. The first-order valence-electron chi connectivity index (χ1n) is 6.95. The lowest BCUT2D eigenvalue weighted by atomic mass is 9.63. The van der Waals surface area contributed by atoms with Gasteiger partial charge in [-0.3, -0.25) is 9.59 Å². The van der Waals surface area contributed by atoms with Crippen LogP contribution in [0.3, 0.4) is 0 Å². The Balaban J connectivity index is 2.12. The molecule has 1 aromatic carbocycles. The summed E-state index contributed by atoms with van der Waals surface area (Å²) in [6.45, 7) is 4.24. The van der Waals surface area contributed by atoms with Crippen LogP contribution in [0.15, 0.2) is 36.4 Å². The molecule has 0 spiro atoms. The zero-order valence-corrected chi connectivity index (χ0v) is 11.3. The van der Waals surface area contributed by atoms with E-state index in [0.717, 1.165) is 0 Å². The summed E-state index contributed by atoms with van der Waals surface area (Å²) in [7, 11) is 0. The van der Waals surface area contributed by atoms with E-state index in [9.17, 15) is 9.59 Å². The fourth-order valence-electron chi connectivity index (χ4n) is 3.47. The number of allylic oxidation sites excluding steroid dienone is 2. The molecule has 0 fully saturated rings. The highest BCUT2D eigenvalue weighted by atomic mass is 16.1. The van der Waals surface area contributed by atoms with E-state index in [0.29, 0.717) is 23.5 Å². The minimum absolute atomic E-state index is 0.148. The maximum atomic E-state index is 12.7. The summed E-state index contributed by atoms with van der Waals surface area (Å²) in [6, 6.07) is 7.26. The van der Waals surface area contributed by atoms with Gasteiger partial charge < -0.3 is 0 Å². The van der Waals surface area contributed by atoms with Crippen molar-refractivity contribution in [1.29, 1.82) is 0 Å². The molecule has 3 rings (SSSR count). The molecule has 0 saturated heterocycles. The van der Waals surface area contributed by atoms with Crippen molar-refractivity contribution < 1.29 is 9.59 Å². The molecule has 98 valence electrons. The maximum Gasteiger partial charge on any atom is 0.168 e. The van der Waals surface area contributed by atoms with E-state index < -0.39 is 0 Å². The number of hydrogen-bond donors (Lipinski definition) is 0. The molecule has 0 saturated carbocycles. The number of carbonyl (C=O) groups excluding carboxylic acids is 2. The summed E-state index contributed by atoms with van der Waals surface area (Å²) in [4.78, 5) is 25.3. The Hall–Kier alpha value is -1.70. The number of hydrogen-bond acceptors (Lipinski definition) is 2.